The zero-order chi connectivity index (χ0) is 16.1. The van der Waals surface area contributed by atoms with Crippen LogP contribution in [0.15, 0.2) is 41.9 Å². The summed E-state index contributed by atoms with van der Waals surface area (Å²) in [7, 11) is 0. The van der Waals surface area contributed by atoms with E-state index >= 15 is 0 Å². The molecule has 0 aromatic carbocycles. The number of nitrogens with one attached hydrogen (secondary N) is 1. The fraction of sp³-hybridized carbons (Fsp3) is 0.412. The Labute approximate surface area is 140 Å². The molecule has 1 fully saturated rings. The van der Waals surface area contributed by atoms with Gasteiger partial charge in [-0.05, 0) is 30.5 Å². The first kappa shape index (κ1) is 16.0. The van der Waals surface area contributed by atoms with Gasteiger partial charge in [0.15, 0.2) is 0 Å². The number of pyridine rings is 1. The summed E-state index contributed by atoms with van der Waals surface area (Å²) in [5, 5.41) is 5.11. The van der Waals surface area contributed by atoms with Gasteiger partial charge in [0.1, 0.15) is 5.82 Å². The summed E-state index contributed by atoms with van der Waals surface area (Å²) in [5.74, 6) is 1.11. The first-order chi connectivity index (χ1) is 11.2. The van der Waals surface area contributed by atoms with Crippen LogP contribution in [0.3, 0.4) is 0 Å². The average molecular weight is 330 g/mol. The largest absolute Gasteiger partial charge is 0.354 e. The number of anilines is 1. The number of aromatic nitrogens is 1. The summed E-state index contributed by atoms with van der Waals surface area (Å²) >= 11 is 1.68. The fourth-order valence-electron chi connectivity index (χ4n) is 2.77. The van der Waals surface area contributed by atoms with Crippen LogP contribution >= 0.6 is 11.3 Å². The second-order valence-corrected chi connectivity index (χ2v) is 6.74. The number of carbonyl (C=O) groups excluding carboxylic acids is 1. The van der Waals surface area contributed by atoms with E-state index in [2.05, 4.69) is 26.2 Å². The first-order valence-corrected chi connectivity index (χ1v) is 8.81. The molecule has 2 aromatic rings. The Balaban J connectivity index is 1.44. The Hall–Kier alpha value is -1.92. The SMILES string of the molecule is C[C@@H](NC(=O)CN1CCN(c2ccccn2)CC1)c1cccs1. The molecule has 23 heavy (non-hydrogen) atoms. The molecule has 1 aliphatic rings. The van der Waals surface area contributed by atoms with Crippen LogP contribution in [0.5, 0.6) is 0 Å². The summed E-state index contributed by atoms with van der Waals surface area (Å²) in [4.78, 5) is 22.2. The third-order valence-corrected chi connectivity index (χ3v) is 5.12. The van der Waals surface area contributed by atoms with E-state index in [0.717, 1.165) is 32.0 Å². The molecule has 0 bridgehead atoms. The van der Waals surface area contributed by atoms with Gasteiger partial charge in [-0.2, -0.15) is 0 Å². The van der Waals surface area contributed by atoms with Crippen molar-refractivity contribution in [3.8, 4) is 0 Å². The molecule has 1 saturated heterocycles. The molecule has 1 N–H and O–H groups in total. The normalized spacial score (nSPS) is 17.0. The Bertz CT molecular complexity index is 609. The van der Waals surface area contributed by atoms with Gasteiger partial charge in [0.05, 0.1) is 12.6 Å². The lowest BCUT2D eigenvalue weighted by Crippen LogP contribution is -2.49. The van der Waals surface area contributed by atoms with E-state index in [-0.39, 0.29) is 11.9 Å². The third kappa shape index (κ3) is 4.30. The molecule has 0 unspecified atom stereocenters. The number of hydrogen-bond donors (Lipinski definition) is 1. The lowest BCUT2D eigenvalue weighted by atomic mass is 10.2. The molecular formula is C17H22N4OS. The highest BCUT2D eigenvalue weighted by atomic mass is 32.1. The standard InChI is InChI=1S/C17H22N4OS/c1-14(15-5-4-12-23-15)19-17(22)13-20-8-10-21(11-9-20)16-6-2-3-7-18-16/h2-7,12,14H,8-11,13H2,1H3,(H,19,22)/t14-/m1/s1. The summed E-state index contributed by atoms with van der Waals surface area (Å²) in [6.07, 6.45) is 1.82. The van der Waals surface area contributed by atoms with Crippen LogP contribution in [-0.4, -0.2) is 48.5 Å². The molecule has 0 spiro atoms. The topological polar surface area (TPSA) is 48.5 Å². The molecular weight excluding hydrogens is 308 g/mol. The quantitative estimate of drug-likeness (QED) is 0.912. The van der Waals surface area contributed by atoms with Gasteiger partial charge in [0, 0.05) is 37.3 Å². The maximum atomic E-state index is 12.2. The molecule has 2 aromatic heterocycles. The number of carbonyl (C=O) groups is 1. The molecule has 1 atom stereocenters. The predicted molar refractivity (Wildman–Crippen MR) is 93.8 cm³/mol. The van der Waals surface area contributed by atoms with Crippen molar-refractivity contribution in [2.45, 2.75) is 13.0 Å². The highest BCUT2D eigenvalue weighted by Gasteiger charge is 2.20. The van der Waals surface area contributed by atoms with Crippen LogP contribution in [0.25, 0.3) is 0 Å². The minimum Gasteiger partial charge on any atom is -0.354 e. The number of thiophene rings is 1. The van der Waals surface area contributed by atoms with Gasteiger partial charge in [-0.1, -0.05) is 12.1 Å². The van der Waals surface area contributed by atoms with Gasteiger partial charge < -0.3 is 10.2 Å². The van der Waals surface area contributed by atoms with Crippen LogP contribution < -0.4 is 10.2 Å². The van der Waals surface area contributed by atoms with Crippen LogP contribution in [-0.2, 0) is 4.79 Å². The van der Waals surface area contributed by atoms with Crippen molar-refractivity contribution in [1.29, 1.82) is 0 Å². The van der Waals surface area contributed by atoms with Crippen molar-refractivity contribution in [2.75, 3.05) is 37.6 Å². The summed E-state index contributed by atoms with van der Waals surface area (Å²) in [6, 6.07) is 10.1. The molecule has 3 heterocycles. The van der Waals surface area contributed by atoms with Gasteiger partial charge in [-0.25, -0.2) is 4.98 Å². The minimum atomic E-state index is 0.0808. The second kappa shape index (κ2) is 7.57. The number of piperazine rings is 1. The minimum absolute atomic E-state index is 0.0808. The molecule has 0 aliphatic carbocycles. The molecule has 1 aliphatic heterocycles. The smallest absolute Gasteiger partial charge is 0.234 e. The maximum Gasteiger partial charge on any atom is 0.234 e. The molecule has 122 valence electrons. The van der Waals surface area contributed by atoms with E-state index < -0.39 is 0 Å². The summed E-state index contributed by atoms with van der Waals surface area (Å²) in [6.45, 7) is 6.08. The lowest BCUT2D eigenvalue weighted by molar-refractivity contribution is -0.122. The van der Waals surface area contributed by atoms with Gasteiger partial charge in [-0.3, -0.25) is 9.69 Å². The molecule has 3 rings (SSSR count). The van der Waals surface area contributed by atoms with Gasteiger partial charge >= 0.3 is 0 Å². The zero-order valence-corrected chi connectivity index (χ0v) is 14.1. The van der Waals surface area contributed by atoms with E-state index in [1.807, 2.05) is 42.8 Å². The maximum absolute atomic E-state index is 12.2. The predicted octanol–water partition coefficient (Wildman–Crippen LogP) is 2.14. The van der Waals surface area contributed by atoms with Crippen LogP contribution in [0.4, 0.5) is 5.82 Å². The van der Waals surface area contributed by atoms with E-state index in [1.165, 1.54) is 4.88 Å². The second-order valence-electron chi connectivity index (χ2n) is 5.76. The van der Waals surface area contributed by atoms with Gasteiger partial charge in [-0.15, -0.1) is 11.3 Å². The first-order valence-electron chi connectivity index (χ1n) is 7.93. The van der Waals surface area contributed by atoms with Crippen molar-refractivity contribution in [3.63, 3.8) is 0 Å². The van der Waals surface area contributed by atoms with Gasteiger partial charge in [0.25, 0.3) is 0 Å². The Kier molecular flexibility index (Phi) is 5.25. The molecule has 1 amide bonds. The third-order valence-electron chi connectivity index (χ3n) is 4.06. The van der Waals surface area contributed by atoms with E-state index in [0.29, 0.717) is 6.54 Å². The Morgan fingerprint density at radius 1 is 1.26 bits per heavy atom. The van der Waals surface area contributed by atoms with E-state index in [9.17, 15) is 4.79 Å². The van der Waals surface area contributed by atoms with E-state index in [4.69, 9.17) is 0 Å². The van der Waals surface area contributed by atoms with E-state index in [1.54, 1.807) is 11.3 Å². The van der Waals surface area contributed by atoms with Crippen LogP contribution in [0.1, 0.15) is 17.8 Å². The van der Waals surface area contributed by atoms with Crippen LogP contribution in [0.2, 0.25) is 0 Å². The monoisotopic (exact) mass is 330 g/mol. The van der Waals surface area contributed by atoms with Crippen molar-refractivity contribution in [3.05, 3.63) is 46.8 Å². The lowest BCUT2D eigenvalue weighted by Gasteiger charge is -2.35. The number of nitrogens with zero attached hydrogens (tertiary/aromatic N) is 3. The van der Waals surface area contributed by atoms with Crippen molar-refractivity contribution >= 4 is 23.1 Å². The Morgan fingerprint density at radius 3 is 2.74 bits per heavy atom. The number of amides is 1. The fourth-order valence-corrected chi connectivity index (χ4v) is 3.51. The van der Waals surface area contributed by atoms with Crippen LogP contribution in [0, 0.1) is 0 Å². The molecule has 6 heteroatoms. The zero-order valence-electron chi connectivity index (χ0n) is 13.3. The number of hydrogen-bond acceptors (Lipinski definition) is 5. The highest BCUT2D eigenvalue weighted by Crippen LogP contribution is 2.18. The van der Waals surface area contributed by atoms with Crippen molar-refractivity contribution in [1.82, 2.24) is 15.2 Å². The van der Waals surface area contributed by atoms with Crippen molar-refractivity contribution in [2.24, 2.45) is 0 Å². The molecule has 0 saturated carbocycles. The summed E-state index contributed by atoms with van der Waals surface area (Å²) in [5.41, 5.74) is 0. The summed E-state index contributed by atoms with van der Waals surface area (Å²) < 4.78 is 0. The number of rotatable bonds is 5. The molecule has 0 radical (unpaired) electrons. The average Bonchev–Trinajstić information content (AvgIpc) is 3.11. The highest BCUT2D eigenvalue weighted by molar-refractivity contribution is 7.10. The Morgan fingerprint density at radius 2 is 2.09 bits per heavy atom. The molecule has 5 nitrogen and oxygen atoms in total. The van der Waals surface area contributed by atoms with Gasteiger partial charge in [0.2, 0.25) is 5.91 Å². The van der Waals surface area contributed by atoms with Crippen molar-refractivity contribution < 1.29 is 4.79 Å².